The van der Waals surface area contributed by atoms with E-state index in [2.05, 4.69) is 80.4 Å². The van der Waals surface area contributed by atoms with Gasteiger partial charge >= 0.3 is 0 Å². The second-order valence-electron chi connectivity index (χ2n) is 7.82. The number of phenolic OH excluding ortho intramolecular Hbond substituents is 1. The van der Waals surface area contributed by atoms with E-state index >= 15 is 0 Å². The summed E-state index contributed by atoms with van der Waals surface area (Å²) in [5.74, 6) is 0.441. The predicted octanol–water partition coefficient (Wildman–Crippen LogP) is 6.50. The number of para-hydroxylation sites is 1. The highest BCUT2D eigenvalue weighted by Gasteiger charge is 2.33. The molecule has 1 atom stereocenters. The van der Waals surface area contributed by atoms with Gasteiger partial charge in [0.15, 0.2) is 0 Å². The highest BCUT2D eigenvalue weighted by molar-refractivity contribution is 7.49. The molecule has 0 spiro atoms. The van der Waals surface area contributed by atoms with Crippen LogP contribution in [-0.2, 0) is 5.16 Å². The third kappa shape index (κ3) is 4.20. The van der Waals surface area contributed by atoms with Crippen LogP contribution < -0.4 is 5.30 Å². The zero-order valence-electron chi connectivity index (χ0n) is 18.7. The number of hydrogen-bond donors (Lipinski definition) is 1. The van der Waals surface area contributed by atoms with Crippen molar-refractivity contribution in [2.24, 2.45) is 4.99 Å². The van der Waals surface area contributed by atoms with Crippen LogP contribution in [0.3, 0.4) is 0 Å². The molecule has 3 heteroatoms. The lowest BCUT2D eigenvalue weighted by atomic mass is 9.90. The van der Waals surface area contributed by atoms with Crippen molar-refractivity contribution in [2.45, 2.75) is 45.7 Å². The number of nitrogens with zero attached hydrogens (tertiary/aromatic N) is 1. The molecule has 0 aliphatic rings. The fourth-order valence-electron chi connectivity index (χ4n) is 4.19. The molecule has 0 heterocycles. The molecule has 0 aliphatic heterocycles. The van der Waals surface area contributed by atoms with Crippen molar-refractivity contribution < 1.29 is 5.11 Å². The van der Waals surface area contributed by atoms with E-state index in [4.69, 9.17) is 0 Å². The molecule has 0 radical (unpaired) electrons. The molecule has 0 fully saturated rings. The van der Waals surface area contributed by atoms with E-state index in [1.165, 1.54) is 16.4 Å². The quantitative estimate of drug-likeness (QED) is 0.346. The molecule has 3 rings (SSSR count). The lowest BCUT2D eigenvalue weighted by molar-refractivity contribution is 0.444. The number of rotatable bonds is 7. The number of aromatic hydroxyl groups is 1. The zero-order chi connectivity index (χ0) is 21.7. The zero-order valence-corrected chi connectivity index (χ0v) is 19.7. The summed E-state index contributed by atoms with van der Waals surface area (Å²) in [6.07, 6.45) is 1.94. The Morgan fingerprint density at radius 3 is 2.13 bits per heavy atom. The van der Waals surface area contributed by atoms with Crippen molar-refractivity contribution in [1.29, 1.82) is 0 Å². The largest absolute Gasteiger partial charge is 0.507 e. The molecule has 156 valence electrons. The Balaban J connectivity index is 2.17. The molecular formula is C27H32NOP. The van der Waals surface area contributed by atoms with Crippen LogP contribution >= 0.6 is 8.58 Å². The molecule has 0 bridgehead atoms. The fraction of sp³-hybridized carbons (Fsp3) is 0.296. The number of aryl methyl sites for hydroxylation is 2. The molecular weight excluding hydrogens is 385 g/mol. The van der Waals surface area contributed by atoms with Gasteiger partial charge in [-0.1, -0.05) is 89.2 Å². The first-order chi connectivity index (χ1) is 14.5. The number of aliphatic imine (C=N–C) groups is 1. The summed E-state index contributed by atoms with van der Waals surface area (Å²) >= 11 is 0. The van der Waals surface area contributed by atoms with Crippen LogP contribution in [0.4, 0.5) is 0 Å². The molecule has 0 saturated carbocycles. The van der Waals surface area contributed by atoms with Crippen LogP contribution in [0.15, 0.2) is 71.7 Å². The van der Waals surface area contributed by atoms with Crippen molar-refractivity contribution in [3.63, 3.8) is 0 Å². The molecule has 0 aromatic heterocycles. The van der Waals surface area contributed by atoms with Gasteiger partial charge in [0.2, 0.25) is 0 Å². The Morgan fingerprint density at radius 2 is 1.50 bits per heavy atom. The summed E-state index contributed by atoms with van der Waals surface area (Å²) < 4.78 is 0. The Kier molecular flexibility index (Phi) is 7.10. The van der Waals surface area contributed by atoms with Gasteiger partial charge < -0.3 is 5.11 Å². The first kappa shape index (κ1) is 22.2. The van der Waals surface area contributed by atoms with Crippen LogP contribution in [0.25, 0.3) is 0 Å². The van der Waals surface area contributed by atoms with Crippen molar-refractivity contribution in [1.82, 2.24) is 0 Å². The predicted molar refractivity (Wildman–Crippen MR) is 132 cm³/mol. The SMILES string of the molecule is CCC(CC)(Pc1c(C)cccc1/C(=N/C)c1ccccc1)c1cccc(C)c1O. The Morgan fingerprint density at radius 1 is 0.867 bits per heavy atom. The van der Waals surface area contributed by atoms with Crippen molar-refractivity contribution in [2.75, 3.05) is 7.05 Å². The van der Waals surface area contributed by atoms with Gasteiger partial charge in [-0.05, 0) is 43.1 Å². The normalized spacial score (nSPS) is 12.6. The van der Waals surface area contributed by atoms with E-state index in [0.29, 0.717) is 14.3 Å². The Hall–Kier alpha value is -2.44. The Labute approximate surface area is 182 Å². The molecule has 0 amide bonds. The third-order valence-electron chi connectivity index (χ3n) is 6.12. The monoisotopic (exact) mass is 417 g/mol. The molecule has 3 aromatic carbocycles. The second-order valence-corrected chi connectivity index (χ2v) is 9.53. The molecule has 1 N–H and O–H groups in total. The third-order valence-corrected chi connectivity index (χ3v) is 8.49. The maximum absolute atomic E-state index is 10.9. The fourth-order valence-corrected chi connectivity index (χ4v) is 5.98. The average Bonchev–Trinajstić information content (AvgIpc) is 2.77. The molecule has 30 heavy (non-hydrogen) atoms. The van der Waals surface area contributed by atoms with Gasteiger partial charge in [0.05, 0.1) is 5.71 Å². The van der Waals surface area contributed by atoms with E-state index in [-0.39, 0.29) is 5.16 Å². The van der Waals surface area contributed by atoms with Crippen molar-refractivity contribution in [3.05, 3.63) is 94.5 Å². The van der Waals surface area contributed by atoms with Gasteiger partial charge in [0.1, 0.15) is 5.75 Å². The number of hydrogen-bond acceptors (Lipinski definition) is 2. The lowest BCUT2D eigenvalue weighted by Crippen LogP contribution is -2.26. The highest BCUT2D eigenvalue weighted by atomic mass is 31.1. The maximum Gasteiger partial charge on any atom is 0.122 e. The minimum Gasteiger partial charge on any atom is -0.507 e. The van der Waals surface area contributed by atoms with E-state index in [0.717, 1.165) is 35.2 Å². The number of phenols is 1. The van der Waals surface area contributed by atoms with Crippen molar-refractivity contribution in [3.8, 4) is 5.75 Å². The summed E-state index contributed by atoms with van der Waals surface area (Å²) in [4.78, 5) is 4.69. The topological polar surface area (TPSA) is 32.6 Å². The number of benzene rings is 3. The first-order valence-electron chi connectivity index (χ1n) is 10.7. The first-order valence-corrected chi connectivity index (χ1v) is 11.7. The van der Waals surface area contributed by atoms with Crippen LogP contribution in [0.2, 0.25) is 0 Å². The summed E-state index contributed by atoms with van der Waals surface area (Å²) in [5, 5.41) is 12.2. The maximum atomic E-state index is 10.9. The average molecular weight is 418 g/mol. The van der Waals surface area contributed by atoms with Gasteiger partial charge in [-0.2, -0.15) is 0 Å². The summed E-state index contributed by atoms with van der Waals surface area (Å²) in [7, 11) is 2.41. The van der Waals surface area contributed by atoms with E-state index in [1.807, 2.05) is 26.1 Å². The smallest absolute Gasteiger partial charge is 0.122 e. The van der Waals surface area contributed by atoms with Gasteiger partial charge in [0, 0.05) is 28.9 Å². The van der Waals surface area contributed by atoms with E-state index in [9.17, 15) is 5.11 Å². The van der Waals surface area contributed by atoms with Crippen LogP contribution in [0, 0.1) is 13.8 Å². The van der Waals surface area contributed by atoms with Crippen LogP contribution in [0.5, 0.6) is 5.75 Å². The molecule has 3 aromatic rings. The lowest BCUT2D eigenvalue weighted by Gasteiger charge is -2.35. The summed E-state index contributed by atoms with van der Waals surface area (Å²) in [5.41, 5.74) is 6.63. The van der Waals surface area contributed by atoms with Gasteiger partial charge in [-0.25, -0.2) is 0 Å². The van der Waals surface area contributed by atoms with Crippen LogP contribution in [0.1, 0.15) is 54.5 Å². The molecule has 2 nitrogen and oxygen atoms in total. The highest BCUT2D eigenvalue weighted by Crippen LogP contribution is 2.51. The minimum absolute atomic E-state index is 0.105. The molecule has 0 saturated heterocycles. The Bertz CT molecular complexity index is 1040. The van der Waals surface area contributed by atoms with Gasteiger partial charge in [-0.3, -0.25) is 4.99 Å². The second kappa shape index (κ2) is 9.58. The standard InChI is InChI=1S/C27H32NOP/c1-6-27(7-2,23-18-12-13-19(3)25(23)29)30-26-20(4)14-11-17-22(26)24(28-5)21-15-9-8-10-16-21/h8-18,29-30H,6-7H2,1-5H3/b28-24+. The van der Waals surface area contributed by atoms with E-state index in [1.54, 1.807) is 0 Å². The summed E-state index contributed by atoms with van der Waals surface area (Å²) in [6, 6.07) is 23.1. The van der Waals surface area contributed by atoms with Crippen LogP contribution in [-0.4, -0.2) is 17.9 Å². The molecule has 1 unspecified atom stereocenters. The van der Waals surface area contributed by atoms with Gasteiger partial charge in [-0.15, -0.1) is 0 Å². The van der Waals surface area contributed by atoms with Gasteiger partial charge in [0.25, 0.3) is 0 Å². The van der Waals surface area contributed by atoms with Crippen molar-refractivity contribution >= 4 is 19.6 Å². The summed E-state index contributed by atoms with van der Waals surface area (Å²) in [6.45, 7) is 8.65. The minimum atomic E-state index is -0.105. The van der Waals surface area contributed by atoms with E-state index < -0.39 is 0 Å². The molecule has 0 aliphatic carbocycles.